The minimum atomic E-state index is -3.87. The number of halogens is 2. The molecule has 0 aliphatic carbocycles. The third-order valence-corrected chi connectivity index (χ3v) is 5.28. The second-order valence-corrected chi connectivity index (χ2v) is 7.60. The summed E-state index contributed by atoms with van der Waals surface area (Å²) in [4.78, 5) is 11.8. The van der Waals surface area contributed by atoms with Gasteiger partial charge >= 0.3 is 0 Å². The highest BCUT2D eigenvalue weighted by molar-refractivity contribution is 7.89. The number of sulfonamides is 1. The molecule has 0 aromatic heterocycles. The van der Waals surface area contributed by atoms with Crippen molar-refractivity contribution in [2.24, 2.45) is 0 Å². The third kappa shape index (κ3) is 4.86. The molecule has 2 aromatic rings. The summed E-state index contributed by atoms with van der Waals surface area (Å²) in [5, 5.41) is 2.24. The van der Waals surface area contributed by atoms with Crippen molar-refractivity contribution in [2.45, 2.75) is 37.6 Å². The second kappa shape index (κ2) is 8.37. The van der Waals surface area contributed by atoms with E-state index in [0.29, 0.717) is 6.42 Å². The highest BCUT2D eigenvalue weighted by Gasteiger charge is 2.20. The Bertz CT molecular complexity index is 901. The fraction of sp³-hybridized carbons (Fsp3) is 0.278. The predicted octanol–water partition coefficient (Wildman–Crippen LogP) is 3.68. The lowest BCUT2D eigenvalue weighted by atomic mass is 10.2. The first-order valence-electron chi connectivity index (χ1n) is 8.12. The first kappa shape index (κ1) is 20.0. The van der Waals surface area contributed by atoms with Crippen LogP contribution in [0.3, 0.4) is 0 Å². The quantitative estimate of drug-likeness (QED) is 0.767. The average Bonchev–Trinajstić information content (AvgIpc) is 2.56. The van der Waals surface area contributed by atoms with Gasteiger partial charge in [0.25, 0.3) is 5.91 Å². The number of benzene rings is 2. The molecule has 2 aromatic carbocycles. The summed E-state index contributed by atoms with van der Waals surface area (Å²) in [6.45, 7) is 3.65. The van der Waals surface area contributed by atoms with E-state index in [2.05, 4.69) is 10.0 Å². The molecule has 0 aliphatic heterocycles. The van der Waals surface area contributed by atoms with Gasteiger partial charge in [0.05, 0.1) is 16.1 Å². The van der Waals surface area contributed by atoms with Gasteiger partial charge in [-0.3, -0.25) is 4.79 Å². The Morgan fingerprint density at radius 2 is 1.81 bits per heavy atom. The lowest BCUT2D eigenvalue weighted by Gasteiger charge is -2.14. The van der Waals surface area contributed by atoms with Crippen LogP contribution in [-0.2, 0) is 10.0 Å². The number of carbonyl (C=O) groups excluding carboxylic acids is 1. The monoisotopic (exact) mass is 382 g/mol. The lowest BCUT2D eigenvalue weighted by Crippen LogP contribution is -2.32. The van der Waals surface area contributed by atoms with Crippen LogP contribution in [0.2, 0.25) is 0 Å². The van der Waals surface area contributed by atoms with Crippen LogP contribution >= 0.6 is 0 Å². The summed E-state index contributed by atoms with van der Waals surface area (Å²) in [6.07, 6.45) is 1.46. The Balaban J connectivity index is 2.19. The van der Waals surface area contributed by atoms with Gasteiger partial charge in [-0.05, 0) is 43.7 Å². The van der Waals surface area contributed by atoms with E-state index in [1.807, 2.05) is 6.92 Å². The molecular formula is C18H20F2N2O3S. The zero-order valence-electron chi connectivity index (χ0n) is 14.4. The number of rotatable bonds is 7. The number of carbonyl (C=O) groups is 1. The summed E-state index contributed by atoms with van der Waals surface area (Å²) >= 11 is 0. The van der Waals surface area contributed by atoms with Gasteiger partial charge in [0.1, 0.15) is 11.6 Å². The molecule has 26 heavy (non-hydrogen) atoms. The van der Waals surface area contributed by atoms with E-state index < -0.39 is 27.6 Å². The Hall–Kier alpha value is -2.32. The second-order valence-electron chi connectivity index (χ2n) is 5.89. The molecule has 0 fully saturated rings. The van der Waals surface area contributed by atoms with Gasteiger partial charge in [-0.1, -0.05) is 25.5 Å². The van der Waals surface area contributed by atoms with Gasteiger partial charge in [-0.2, -0.15) is 0 Å². The molecule has 2 rings (SSSR count). The van der Waals surface area contributed by atoms with E-state index in [-0.39, 0.29) is 22.2 Å². The topological polar surface area (TPSA) is 75.3 Å². The molecule has 0 saturated heterocycles. The molecule has 0 spiro atoms. The molecule has 140 valence electrons. The SMILES string of the molecule is CCCC(C)NS(=O)(=O)c1ccc(NC(=O)c2ccccc2F)c(F)c1. The molecule has 0 aliphatic rings. The van der Waals surface area contributed by atoms with Crippen molar-refractivity contribution in [3.63, 3.8) is 0 Å². The van der Waals surface area contributed by atoms with Crippen LogP contribution in [0.25, 0.3) is 0 Å². The van der Waals surface area contributed by atoms with Crippen LogP contribution in [0, 0.1) is 11.6 Å². The Kier molecular flexibility index (Phi) is 6.44. The standard InChI is InChI=1S/C18H20F2N2O3S/c1-3-6-12(2)22-26(24,25)13-9-10-17(16(20)11-13)21-18(23)14-7-4-5-8-15(14)19/h4-5,7-12,22H,3,6H2,1-2H3,(H,21,23). The van der Waals surface area contributed by atoms with Crippen molar-refractivity contribution in [3.05, 3.63) is 59.7 Å². The average molecular weight is 382 g/mol. The molecule has 1 atom stereocenters. The molecule has 0 bridgehead atoms. The molecule has 5 nitrogen and oxygen atoms in total. The maximum absolute atomic E-state index is 14.2. The molecular weight excluding hydrogens is 362 g/mol. The summed E-state index contributed by atoms with van der Waals surface area (Å²) < 4.78 is 54.8. The highest BCUT2D eigenvalue weighted by atomic mass is 32.2. The number of hydrogen-bond donors (Lipinski definition) is 2. The molecule has 2 N–H and O–H groups in total. The van der Waals surface area contributed by atoms with E-state index in [1.165, 1.54) is 24.3 Å². The molecule has 0 radical (unpaired) electrons. The summed E-state index contributed by atoms with van der Waals surface area (Å²) in [5.74, 6) is -2.49. The zero-order chi connectivity index (χ0) is 19.3. The summed E-state index contributed by atoms with van der Waals surface area (Å²) in [6, 6.07) is 8.14. The van der Waals surface area contributed by atoms with Crippen molar-refractivity contribution in [1.82, 2.24) is 4.72 Å². The normalized spacial score (nSPS) is 12.6. The highest BCUT2D eigenvalue weighted by Crippen LogP contribution is 2.20. The van der Waals surface area contributed by atoms with Crippen molar-refractivity contribution in [2.75, 3.05) is 5.32 Å². The zero-order valence-corrected chi connectivity index (χ0v) is 15.2. The third-order valence-electron chi connectivity index (χ3n) is 3.70. The van der Waals surface area contributed by atoms with Crippen molar-refractivity contribution in [1.29, 1.82) is 0 Å². The van der Waals surface area contributed by atoms with E-state index in [0.717, 1.165) is 24.6 Å². The van der Waals surface area contributed by atoms with Crippen LogP contribution in [0.5, 0.6) is 0 Å². The Morgan fingerprint density at radius 3 is 2.42 bits per heavy atom. The van der Waals surface area contributed by atoms with Gasteiger partial charge in [-0.15, -0.1) is 0 Å². The molecule has 8 heteroatoms. The van der Waals surface area contributed by atoms with Crippen LogP contribution in [0.4, 0.5) is 14.5 Å². The number of hydrogen-bond acceptors (Lipinski definition) is 3. The van der Waals surface area contributed by atoms with Crippen molar-refractivity contribution < 1.29 is 22.0 Å². The fourth-order valence-electron chi connectivity index (χ4n) is 2.42. The van der Waals surface area contributed by atoms with E-state index in [4.69, 9.17) is 0 Å². The first-order valence-corrected chi connectivity index (χ1v) is 9.60. The minimum Gasteiger partial charge on any atom is -0.319 e. The van der Waals surface area contributed by atoms with Crippen LogP contribution < -0.4 is 10.0 Å². The number of anilines is 1. The molecule has 1 amide bonds. The lowest BCUT2D eigenvalue weighted by molar-refractivity contribution is 0.102. The van der Waals surface area contributed by atoms with E-state index in [9.17, 15) is 22.0 Å². The smallest absolute Gasteiger partial charge is 0.258 e. The van der Waals surface area contributed by atoms with Gasteiger partial charge in [-0.25, -0.2) is 21.9 Å². The summed E-state index contributed by atoms with van der Waals surface area (Å²) in [7, 11) is -3.87. The largest absolute Gasteiger partial charge is 0.319 e. The van der Waals surface area contributed by atoms with Crippen molar-refractivity contribution in [3.8, 4) is 0 Å². The van der Waals surface area contributed by atoms with Gasteiger partial charge in [0.15, 0.2) is 0 Å². The van der Waals surface area contributed by atoms with Crippen LogP contribution in [0.15, 0.2) is 47.4 Å². The molecule has 0 heterocycles. The van der Waals surface area contributed by atoms with Gasteiger partial charge < -0.3 is 5.32 Å². The van der Waals surface area contributed by atoms with Crippen LogP contribution in [-0.4, -0.2) is 20.4 Å². The van der Waals surface area contributed by atoms with E-state index >= 15 is 0 Å². The summed E-state index contributed by atoms with van der Waals surface area (Å²) in [5.41, 5.74) is -0.475. The number of nitrogens with one attached hydrogen (secondary N) is 2. The van der Waals surface area contributed by atoms with E-state index in [1.54, 1.807) is 6.92 Å². The van der Waals surface area contributed by atoms with Gasteiger partial charge in [0.2, 0.25) is 10.0 Å². The predicted molar refractivity (Wildman–Crippen MR) is 95.4 cm³/mol. The minimum absolute atomic E-state index is 0.237. The Morgan fingerprint density at radius 1 is 1.12 bits per heavy atom. The maximum atomic E-state index is 14.2. The van der Waals surface area contributed by atoms with Crippen LogP contribution in [0.1, 0.15) is 37.0 Å². The molecule has 1 unspecified atom stereocenters. The Labute approximate surface area is 151 Å². The molecule has 0 saturated carbocycles. The van der Waals surface area contributed by atoms with Crippen molar-refractivity contribution >= 4 is 21.6 Å². The maximum Gasteiger partial charge on any atom is 0.258 e. The number of amides is 1. The van der Waals surface area contributed by atoms with Gasteiger partial charge in [0, 0.05) is 6.04 Å². The first-order chi connectivity index (χ1) is 12.2. The fourth-order valence-corrected chi connectivity index (χ4v) is 3.71.